The van der Waals surface area contributed by atoms with Crippen LogP contribution in [-0.4, -0.2) is 35.7 Å². The van der Waals surface area contributed by atoms with Crippen molar-refractivity contribution in [2.45, 2.75) is 20.0 Å². The van der Waals surface area contributed by atoms with Crippen molar-refractivity contribution in [2.24, 2.45) is 0 Å². The number of hydrogen-bond donors (Lipinski definition) is 0. The van der Waals surface area contributed by atoms with Crippen molar-refractivity contribution in [2.75, 3.05) is 24.6 Å². The van der Waals surface area contributed by atoms with E-state index in [9.17, 15) is 10.1 Å². The largest absolute Gasteiger partial charge is 0.375 e. The number of rotatable bonds is 2. The molecule has 6 nitrogen and oxygen atoms in total. The molecule has 0 saturated carbocycles. The quantitative estimate of drug-likeness (QED) is 0.627. The topological polar surface area (TPSA) is 68.5 Å². The van der Waals surface area contributed by atoms with Gasteiger partial charge in [0.2, 0.25) is 0 Å². The molecule has 1 saturated heterocycles. The number of para-hydroxylation sites is 1. The lowest BCUT2D eigenvalue weighted by Crippen LogP contribution is -2.41. The molecule has 2 aromatic rings. The minimum Gasteiger partial charge on any atom is -0.375 e. The maximum atomic E-state index is 11.2. The first-order chi connectivity index (χ1) is 10.1. The van der Waals surface area contributed by atoms with E-state index in [1.807, 2.05) is 26.0 Å². The van der Waals surface area contributed by atoms with E-state index >= 15 is 0 Å². The Morgan fingerprint density at radius 3 is 3.00 bits per heavy atom. The van der Waals surface area contributed by atoms with E-state index in [1.54, 1.807) is 6.07 Å². The average Bonchev–Trinajstić information content (AvgIpc) is 2.45. The number of aryl methyl sites for hydroxylation is 1. The zero-order valence-corrected chi connectivity index (χ0v) is 12.1. The number of benzene rings is 1. The monoisotopic (exact) mass is 287 g/mol. The summed E-state index contributed by atoms with van der Waals surface area (Å²) in [5.74, 6) is 0. The van der Waals surface area contributed by atoms with Gasteiger partial charge in [-0.25, -0.2) is 4.98 Å². The molecule has 0 bridgehead atoms. The zero-order chi connectivity index (χ0) is 15.0. The minimum absolute atomic E-state index is 0.0544. The lowest BCUT2D eigenvalue weighted by molar-refractivity contribution is -0.383. The van der Waals surface area contributed by atoms with Gasteiger partial charge in [0.15, 0.2) is 5.52 Å². The van der Waals surface area contributed by atoms with Gasteiger partial charge in [0.1, 0.15) is 0 Å². The fraction of sp³-hybridized carbons (Fsp3) is 0.400. The summed E-state index contributed by atoms with van der Waals surface area (Å²) in [7, 11) is 0. The third-order valence-corrected chi connectivity index (χ3v) is 3.70. The third-order valence-electron chi connectivity index (χ3n) is 3.70. The smallest absolute Gasteiger partial charge is 0.295 e. The molecule has 0 amide bonds. The Balaban J connectivity index is 2.18. The van der Waals surface area contributed by atoms with E-state index in [1.165, 1.54) is 6.07 Å². The van der Waals surface area contributed by atoms with Crippen molar-refractivity contribution in [3.63, 3.8) is 0 Å². The second kappa shape index (κ2) is 5.29. The molecule has 1 fully saturated rings. The Labute approximate surface area is 122 Å². The van der Waals surface area contributed by atoms with E-state index in [0.29, 0.717) is 12.1 Å². The highest BCUT2D eigenvalue weighted by molar-refractivity contribution is 5.97. The number of nitrogens with zero attached hydrogens (tertiary/aromatic N) is 3. The maximum absolute atomic E-state index is 11.2. The second-order valence-corrected chi connectivity index (χ2v) is 5.34. The maximum Gasteiger partial charge on any atom is 0.295 e. The van der Waals surface area contributed by atoms with Gasteiger partial charge in [-0.1, -0.05) is 12.1 Å². The summed E-state index contributed by atoms with van der Waals surface area (Å²) in [5.41, 5.74) is 2.29. The van der Waals surface area contributed by atoms with Gasteiger partial charge in [0, 0.05) is 35.9 Å². The summed E-state index contributed by atoms with van der Waals surface area (Å²) < 4.78 is 5.57. The van der Waals surface area contributed by atoms with E-state index < -0.39 is 0 Å². The number of aromatic nitrogens is 1. The molecule has 21 heavy (non-hydrogen) atoms. The van der Waals surface area contributed by atoms with Crippen LogP contribution in [0.5, 0.6) is 0 Å². The molecule has 1 unspecified atom stereocenters. The normalized spacial score (nSPS) is 19.0. The Bertz CT molecular complexity index is 702. The lowest BCUT2D eigenvalue weighted by Gasteiger charge is -2.33. The molecule has 0 spiro atoms. The molecule has 0 N–H and O–H groups in total. The molecule has 1 aromatic heterocycles. The highest BCUT2D eigenvalue weighted by Gasteiger charge is 2.22. The van der Waals surface area contributed by atoms with Gasteiger partial charge in [-0.05, 0) is 19.9 Å². The number of hydrogen-bond acceptors (Lipinski definition) is 5. The molecule has 3 rings (SSSR count). The van der Waals surface area contributed by atoms with E-state index in [-0.39, 0.29) is 16.7 Å². The van der Waals surface area contributed by atoms with Gasteiger partial charge in [0.05, 0.1) is 17.6 Å². The summed E-state index contributed by atoms with van der Waals surface area (Å²) in [6.45, 7) is 6.13. The van der Waals surface area contributed by atoms with Gasteiger partial charge in [-0.15, -0.1) is 0 Å². The fourth-order valence-electron chi connectivity index (χ4n) is 2.79. The molecular weight excluding hydrogens is 270 g/mol. The lowest BCUT2D eigenvalue weighted by atomic mass is 10.1. The van der Waals surface area contributed by atoms with Crippen molar-refractivity contribution >= 4 is 22.3 Å². The zero-order valence-electron chi connectivity index (χ0n) is 12.1. The number of nitro groups is 1. The molecule has 0 radical (unpaired) electrons. The van der Waals surface area contributed by atoms with Crippen LogP contribution in [0.15, 0.2) is 24.3 Å². The molecule has 2 heterocycles. The summed E-state index contributed by atoms with van der Waals surface area (Å²) in [6, 6.07) is 7.10. The van der Waals surface area contributed by atoms with Crippen LogP contribution in [0.4, 0.5) is 11.4 Å². The molecule has 0 aliphatic carbocycles. The summed E-state index contributed by atoms with van der Waals surface area (Å²) in [6.07, 6.45) is 0.154. The fourth-order valence-corrected chi connectivity index (χ4v) is 2.79. The Morgan fingerprint density at radius 1 is 1.48 bits per heavy atom. The number of anilines is 1. The van der Waals surface area contributed by atoms with Gasteiger partial charge in [0.25, 0.3) is 5.69 Å². The van der Waals surface area contributed by atoms with Crippen LogP contribution >= 0.6 is 0 Å². The van der Waals surface area contributed by atoms with Crippen molar-refractivity contribution < 1.29 is 9.66 Å². The first-order valence-electron chi connectivity index (χ1n) is 6.97. The van der Waals surface area contributed by atoms with Crippen LogP contribution in [0.1, 0.15) is 12.6 Å². The number of morpholine rings is 1. The number of nitro benzene ring substituents is 1. The highest BCUT2D eigenvalue weighted by Crippen LogP contribution is 2.32. The number of ether oxygens (including phenoxy) is 1. The molecule has 1 atom stereocenters. The van der Waals surface area contributed by atoms with Gasteiger partial charge in [-0.3, -0.25) is 10.1 Å². The molecular formula is C15H17N3O3. The van der Waals surface area contributed by atoms with Crippen LogP contribution in [0.25, 0.3) is 10.9 Å². The average molecular weight is 287 g/mol. The summed E-state index contributed by atoms with van der Waals surface area (Å²) in [4.78, 5) is 17.4. The van der Waals surface area contributed by atoms with Crippen LogP contribution in [0, 0.1) is 17.0 Å². The Morgan fingerprint density at radius 2 is 2.29 bits per heavy atom. The van der Waals surface area contributed by atoms with Crippen molar-refractivity contribution in [1.82, 2.24) is 4.98 Å². The minimum atomic E-state index is -0.375. The van der Waals surface area contributed by atoms with E-state index in [4.69, 9.17) is 4.74 Å². The van der Waals surface area contributed by atoms with Crippen molar-refractivity contribution in [1.29, 1.82) is 0 Å². The standard InChI is InChI=1S/C15H17N3O3/c1-10-8-14(17-6-7-21-11(2)9-17)12-4-3-5-13(18(19)20)15(12)16-10/h3-5,8,11H,6-7,9H2,1-2H3. The van der Waals surface area contributed by atoms with Gasteiger partial charge in [-0.2, -0.15) is 0 Å². The first kappa shape index (κ1) is 13.8. The third kappa shape index (κ3) is 2.54. The Kier molecular flexibility index (Phi) is 3.47. The number of non-ortho nitro benzene ring substituents is 1. The molecule has 1 aliphatic rings. The first-order valence-corrected chi connectivity index (χ1v) is 6.97. The van der Waals surface area contributed by atoms with Crippen molar-refractivity contribution in [3.05, 3.63) is 40.1 Å². The molecule has 1 aliphatic heterocycles. The summed E-state index contributed by atoms with van der Waals surface area (Å²) >= 11 is 0. The summed E-state index contributed by atoms with van der Waals surface area (Å²) in [5, 5.41) is 12.0. The predicted molar refractivity (Wildman–Crippen MR) is 80.8 cm³/mol. The number of fused-ring (bicyclic) bond motifs is 1. The van der Waals surface area contributed by atoms with E-state index in [2.05, 4.69) is 9.88 Å². The molecule has 110 valence electrons. The van der Waals surface area contributed by atoms with E-state index in [0.717, 1.165) is 29.9 Å². The van der Waals surface area contributed by atoms with Crippen LogP contribution < -0.4 is 4.90 Å². The van der Waals surface area contributed by atoms with Crippen molar-refractivity contribution in [3.8, 4) is 0 Å². The van der Waals surface area contributed by atoms with Gasteiger partial charge >= 0.3 is 0 Å². The molecule has 6 heteroatoms. The Hall–Kier alpha value is -2.21. The number of pyridine rings is 1. The second-order valence-electron chi connectivity index (χ2n) is 5.34. The van der Waals surface area contributed by atoms with Crippen LogP contribution in [0.2, 0.25) is 0 Å². The SMILES string of the molecule is Cc1cc(N2CCOC(C)C2)c2cccc([N+](=O)[O-])c2n1. The van der Waals surface area contributed by atoms with Gasteiger partial charge < -0.3 is 9.64 Å². The molecule has 1 aromatic carbocycles. The van der Waals surface area contributed by atoms with Crippen LogP contribution in [0.3, 0.4) is 0 Å². The highest BCUT2D eigenvalue weighted by atomic mass is 16.6. The predicted octanol–water partition coefficient (Wildman–Crippen LogP) is 2.68. The van der Waals surface area contributed by atoms with Crippen LogP contribution in [-0.2, 0) is 4.74 Å².